The van der Waals surface area contributed by atoms with Crippen LogP contribution in [0.4, 0.5) is 11.8 Å². The van der Waals surface area contributed by atoms with Crippen molar-refractivity contribution in [2.75, 3.05) is 29.9 Å². The van der Waals surface area contributed by atoms with Crippen molar-refractivity contribution in [2.24, 2.45) is 0 Å². The van der Waals surface area contributed by atoms with Gasteiger partial charge < -0.3 is 10.2 Å². The minimum Gasteiger partial charge on any atom is -0.369 e. The molecule has 0 radical (unpaired) electrons. The summed E-state index contributed by atoms with van der Waals surface area (Å²) in [5.41, 5.74) is 1.08. The molecule has 1 aromatic heterocycles. The fourth-order valence-corrected chi connectivity index (χ4v) is 3.44. The van der Waals surface area contributed by atoms with Crippen molar-refractivity contribution in [1.29, 1.82) is 0 Å². The van der Waals surface area contributed by atoms with Crippen LogP contribution in [-0.2, 0) is 5.41 Å². The third kappa shape index (κ3) is 4.09. The van der Waals surface area contributed by atoms with Gasteiger partial charge in [-0.05, 0) is 41.6 Å². The molecule has 5 heteroatoms. The second kappa shape index (κ2) is 6.95. The van der Waals surface area contributed by atoms with E-state index in [1.807, 2.05) is 0 Å². The molecule has 1 aliphatic heterocycles. The normalized spacial score (nSPS) is 16.1. The molecule has 1 N–H and O–H groups in total. The third-order valence-corrected chi connectivity index (χ3v) is 4.48. The molecule has 1 fully saturated rings. The zero-order valence-electron chi connectivity index (χ0n) is 13.7. The summed E-state index contributed by atoms with van der Waals surface area (Å²) in [6.07, 6.45) is 4.88. The summed E-state index contributed by atoms with van der Waals surface area (Å²) in [5.74, 6) is 1.80. The maximum Gasteiger partial charge on any atom is 0.227 e. The van der Waals surface area contributed by atoms with Crippen LogP contribution in [0.1, 0.15) is 59.1 Å². The molecule has 0 amide bonds. The van der Waals surface area contributed by atoms with Gasteiger partial charge in [0.15, 0.2) is 0 Å². The molecule has 2 heterocycles. The smallest absolute Gasteiger partial charge is 0.227 e. The highest BCUT2D eigenvalue weighted by Gasteiger charge is 2.25. The van der Waals surface area contributed by atoms with Gasteiger partial charge in [-0.25, -0.2) is 4.98 Å². The Kier molecular flexibility index (Phi) is 5.47. The van der Waals surface area contributed by atoms with Crippen LogP contribution in [0.25, 0.3) is 0 Å². The fourth-order valence-electron chi connectivity index (χ4n) is 2.53. The molecule has 0 aromatic carbocycles. The Hall–Kier alpha value is -0.840. The van der Waals surface area contributed by atoms with Crippen molar-refractivity contribution in [3.63, 3.8) is 0 Å². The van der Waals surface area contributed by atoms with Gasteiger partial charge in [0, 0.05) is 25.0 Å². The topological polar surface area (TPSA) is 41.1 Å². The first-order valence-electron chi connectivity index (χ1n) is 8.00. The molecule has 118 valence electrons. The Bertz CT molecular complexity index is 476. The Morgan fingerprint density at radius 1 is 1.14 bits per heavy atom. The van der Waals surface area contributed by atoms with Crippen LogP contribution in [-0.4, -0.2) is 29.6 Å². The second-order valence-corrected chi connectivity index (χ2v) is 7.55. The lowest BCUT2D eigenvalue weighted by molar-refractivity contribution is 0.545. The maximum atomic E-state index is 4.86. The quantitative estimate of drug-likeness (QED) is 0.872. The van der Waals surface area contributed by atoms with E-state index < -0.39 is 0 Å². The Labute approximate surface area is 136 Å². The average molecular weight is 355 g/mol. The van der Waals surface area contributed by atoms with Gasteiger partial charge in [-0.3, -0.25) is 0 Å². The van der Waals surface area contributed by atoms with E-state index in [1.54, 1.807) is 0 Å². The lowest BCUT2D eigenvalue weighted by Crippen LogP contribution is -2.32. The Morgan fingerprint density at radius 3 is 2.38 bits per heavy atom. The third-order valence-electron chi connectivity index (χ3n) is 3.73. The molecule has 21 heavy (non-hydrogen) atoms. The van der Waals surface area contributed by atoms with E-state index >= 15 is 0 Å². The summed E-state index contributed by atoms with van der Waals surface area (Å²) in [6.45, 7) is 11.8. The molecule has 4 nitrogen and oxygen atoms in total. The van der Waals surface area contributed by atoms with Gasteiger partial charge >= 0.3 is 0 Å². The molecule has 1 saturated heterocycles. The van der Waals surface area contributed by atoms with Crippen LogP contribution in [0.2, 0.25) is 0 Å². The number of anilines is 2. The van der Waals surface area contributed by atoms with Crippen molar-refractivity contribution in [2.45, 2.75) is 58.8 Å². The summed E-state index contributed by atoms with van der Waals surface area (Å²) >= 11 is 3.70. The van der Waals surface area contributed by atoms with Gasteiger partial charge in [-0.15, -0.1) is 0 Å². The van der Waals surface area contributed by atoms with Gasteiger partial charge in [0.2, 0.25) is 5.95 Å². The minimum atomic E-state index is -0.00501. The van der Waals surface area contributed by atoms with Crippen LogP contribution in [0.3, 0.4) is 0 Å². The predicted molar refractivity (Wildman–Crippen MR) is 93.3 cm³/mol. The van der Waals surface area contributed by atoms with E-state index in [0.717, 1.165) is 48.0 Å². The van der Waals surface area contributed by atoms with Crippen molar-refractivity contribution in [3.8, 4) is 0 Å². The summed E-state index contributed by atoms with van der Waals surface area (Å²) in [7, 11) is 0. The number of nitrogens with one attached hydrogen (secondary N) is 1. The van der Waals surface area contributed by atoms with Gasteiger partial charge in [0.05, 0.1) is 10.2 Å². The van der Waals surface area contributed by atoms with E-state index in [1.165, 1.54) is 19.3 Å². The van der Waals surface area contributed by atoms with E-state index in [-0.39, 0.29) is 5.41 Å². The monoisotopic (exact) mass is 354 g/mol. The van der Waals surface area contributed by atoms with Crippen LogP contribution in [0, 0.1) is 0 Å². The van der Waals surface area contributed by atoms with Gasteiger partial charge in [-0.1, -0.05) is 27.7 Å². The number of hydrogen-bond acceptors (Lipinski definition) is 4. The second-order valence-electron chi connectivity index (χ2n) is 6.76. The summed E-state index contributed by atoms with van der Waals surface area (Å²) in [6, 6.07) is 0. The summed E-state index contributed by atoms with van der Waals surface area (Å²) in [5, 5.41) is 3.43. The van der Waals surface area contributed by atoms with Crippen LogP contribution in [0.5, 0.6) is 0 Å². The first kappa shape index (κ1) is 16.5. The van der Waals surface area contributed by atoms with Crippen molar-refractivity contribution < 1.29 is 0 Å². The molecule has 1 aromatic rings. The molecule has 2 rings (SSSR count). The zero-order valence-corrected chi connectivity index (χ0v) is 15.3. The van der Waals surface area contributed by atoms with Crippen molar-refractivity contribution in [3.05, 3.63) is 10.2 Å². The number of nitrogens with zero attached hydrogens (tertiary/aromatic N) is 3. The van der Waals surface area contributed by atoms with E-state index in [4.69, 9.17) is 9.97 Å². The highest BCUT2D eigenvalue weighted by Crippen LogP contribution is 2.34. The van der Waals surface area contributed by atoms with E-state index in [0.29, 0.717) is 0 Å². The van der Waals surface area contributed by atoms with E-state index in [9.17, 15) is 0 Å². The molecular weight excluding hydrogens is 328 g/mol. The predicted octanol–water partition coefficient (Wildman–Crippen LogP) is 4.35. The zero-order chi connectivity index (χ0) is 15.5. The maximum absolute atomic E-state index is 4.86. The highest BCUT2D eigenvalue weighted by atomic mass is 79.9. The van der Waals surface area contributed by atoms with Crippen LogP contribution >= 0.6 is 15.9 Å². The molecule has 1 aliphatic rings. The van der Waals surface area contributed by atoms with Crippen molar-refractivity contribution >= 4 is 27.7 Å². The average Bonchev–Trinajstić information content (AvgIpc) is 2.46. The lowest BCUT2D eigenvalue weighted by atomic mass is 9.92. The number of halogens is 1. The summed E-state index contributed by atoms with van der Waals surface area (Å²) in [4.78, 5) is 12.0. The largest absolute Gasteiger partial charge is 0.369 e. The molecule has 0 spiro atoms. The number of piperidine rings is 1. The van der Waals surface area contributed by atoms with Crippen molar-refractivity contribution in [1.82, 2.24) is 9.97 Å². The van der Waals surface area contributed by atoms with Crippen LogP contribution in [0.15, 0.2) is 4.47 Å². The molecule has 0 atom stereocenters. The van der Waals surface area contributed by atoms with Gasteiger partial charge in [-0.2, -0.15) is 4.98 Å². The summed E-state index contributed by atoms with van der Waals surface area (Å²) < 4.78 is 1.00. The SMILES string of the molecule is CCCNc1nc(N2CCCCC2)nc(C(C)(C)C)c1Br. The molecule has 0 unspecified atom stereocenters. The first-order valence-corrected chi connectivity index (χ1v) is 8.79. The van der Waals surface area contributed by atoms with Gasteiger partial charge in [0.1, 0.15) is 5.82 Å². The number of hydrogen-bond donors (Lipinski definition) is 1. The first-order chi connectivity index (χ1) is 9.93. The molecule has 0 aliphatic carbocycles. The lowest BCUT2D eigenvalue weighted by Gasteiger charge is -2.29. The highest BCUT2D eigenvalue weighted by molar-refractivity contribution is 9.10. The van der Waals surface area contributed by atoms with Gasteiger partial charge in [0.25, 0.3) is 0 Å². The standard InChI is InChI=1S/C16H27BrN4/c1-5-9-18-14-12(17)13(16(2,3)4)19-15(20-14)21-10-7-6-8-11-21/h5-11H2,1-4H3,(H,18,19,20). The fraction of sp³-hybridized carbons (Fsp3) is 0.750. The molecule has 0 bridgehead atoms. The number of aromatic nitrogens is 2. The van der Waals surface area contributed by atoms with E-state index in [2.05, 4.69) is 53.8 Å². The van der Waals surface area contributed by atoms with Crippen LogP contribution < -0.4 is 10.2 Å². The molecular formula is C16H27BrN4. The Balaban J connectivity index is 2.39. The number of rotatable bonds is 4. The minimum absolute atomic E-state index is 0.00501. The molecule has 0 saturated carbocycles. The Morgan fingerprint density at radius 2 is 1.81 bits per heavy atom.